The average Bonchev–Trinajstić information content (AvgIpc) is 2.55. The molecule has 1 aliphatic carbocycles. The van der Waals surface area contributed by atoms with Crippen LogP contribution in [0.4, 0.5) is 11.5 Å². The maximum Gasteiger partial charge on any atom is 0.149 e. The summed E-state index contributed by atoms with van der Waals surface area (Å²) in [5, 5.41) is 7.10. The Morgan fingerprint density at radius 1 is 1.24 bits per heavy atom. The van der Waals surface area contributed by atoms with Gasteiger partial charge in [-0.25, -0.2) is 4.98 Å². The van der Waals surface area contributed by atoms with Crippen molar-refractivity contribution in [2.75, 3.05) is 23.7 Å². The van der Waals surface area contributed by atoms with Crippen molar-refractivity contribution in [3.8, 4) is 0 Å². The van der Waals surface area contributed by atoms with E-state index in [1.54, 1.807) is 0 Å². The van der Waals surface area contributed by atoms with Crippen LogP contribution in [0, 0.1) is 11.3 Å². The van der Waals surface area contributed by atoms with Crippen molar-refractivity contribution < 1.29 is 0 Å². The average molecular weight is 231 g/mol. The molecule has 0 saturated heterocycles. The molecule has 1 aromatic rings. The third kappa shape index (κ3) is 2.11. The molecule has 1 spiro atoms. The lowest BCUT2D eigenvalue weighted by Crippen LogP contribution is -2.38. The highest BCUT2D eigenvalue weighted by Gasteiger charge is 2.35. The van der Waals surface area contributed by atoms with Gasteiger partial charge in [0.1, 0.15) is 5.82 Å². The van der Waals surface area contributed by atoms with Crippen molar-refractivity contribution in [1.29, 1.82) is 0 Å². The monoisotopic (exact) mass is 231 g/mol. The van der Waals surface area contributed by atoms with E-state index in [9.17, 15) is 0 Å². The Kier molecular flexibility index (Phi) is 2.69. The van der Waals surface area contributed by atoms with E-state index in [2.05, 4.69) is 28.6 Å². The Morgan fingerprint density at radius 2 is 2.00 bits per heavy atom. The van der Waals surface area contributed by atoms with Crippen LogP contribution in [0.2, 0.25) is 0 Å². The zero-order valence-corrected chi connectivity index (χ0v) is 10.5. The summed E-state index contributed by atoms with van der Waals surface area (Å²) in [6.45, 7) is 4.53. The lowest BCUT2D eigenvalue weighted by Gasteiger charge is -2.38. The molecule has 0 atom stereocenters. The lowest BCUT2D eigenvalue weighted by molar-refractivity contribution is 0.185. The summed E-state index contributed by atoms with van der Waals surface area (Å²) in [5.74, 6) is 1.92. The normalized spacial score (nSPS) is 32.2. The first kappa shape index (κ1) is 10.9. The molecule has 3 heteroatoms. The number of nitrogens with one attached hydrogen (secondary N) is 2. The van der Waals surface area contributed by atoms with Gasteiger partial charge in [0.15, 0.2) is 0 Å². The predicted molar refractivity (Wildman–Crippen MR) is 71.3 cm³/mol. The first-order chi connectivity index (χ1) is 8.27. The van der Waals surface area contributed by atoms with Gasteiger partial charge in [-0.3, -0.25) is 0 Å². The molecule has 3 rings (SSSR count). The minimum atomic E-state index is 0.438. The number of aromatic nitrogens is 1. The second-order valence-corrected chi connectivity index (χ2v) is 5.79. The molecule has 2 aliphatic rings. The van der Waals surface area contributed by atoms with Gasteiger partial charge in [-0.2, -0.15) is 0 Å². The molecule has 0 amide bonds. The molecule has 0 bridgehead atoms. The molecule has 1 aromatic heterocycles. The van der Waals surface area contributed by atoms with Gasteiger partial charge in [0.25, 0.3) is 0 Å². The largest absolute Gasteiger partial charge is 0.381 e. The minimum absolute atomic E-state index is 0.438. The van der Waals surface area contributed by atoms with Crippen LogP contribution in [0.5, 0.6) is 0 Å². The fourth-order valence-corrected chi connectivity index (χ4v) is 3.03. The molecule has 0 aromatic carbocycles. The van der Waals surface area contributed by atoms with Crippen molar-refractivity contribution in [2.45, 2.75) is 32.6 Å². The lowest BCUT2D eigenvalue weighted by atomic mass is 9.71. The van der Waals surface area contributed by atoms with Crippen molar-refractivity contribution >= 4 is 11.5 Å². The number of fused-ring (bicyclic) bond motifs is 1. The van der Waals surface area contributed by atoms with Gasteiger partial charge < -0.3 is 10.6 Å². The van der Waals surface area contributed by atoms with Gasteiger partial charge in [-0.15, -0.1) is 0 Å². The molecular formula is C14H21N3. The van der Waals surface area contributed by atoms with Crippen LogP contribution >= 0.6 is 0 Å². The Bertz CT molecular complexity index is 365. The smallest absolute Gasteiger partial charge is 0.149 e. The van der Waals surface area contributed by atoms with E-state index < -0.39 is 0 Å². The van der Waals surface area contributed by atoms with E-state index in [1.807, 2.05) is 12.3 Å². The van der Waals surface area contributed by atoms with Gasteiger partial charge >= 0.3 is 0 Å². The van der Waals surface area contributed by atoms with E-state index in [-0.39, 0.29) is 0 Å². The summed E-state index contributed by atoms with van der Waals surface area (Å²) < 4.78 is 0. The molecule has 0 radical (unpaired) electrons. The predicted octanol–water partition coefficient (Wildman–Crippen LogP) is 3.12. The maximum absolute atomic E-state index is 4.40. The number of nitrogens with zero attached hydrogens (tertiary/aromatic N) is 1. The second-order valence-electron chi connectivity index (χ2n) is 5.79. The minimum Gasteiger partial charge on any atom is -0.381 e. The third-order valence-corrected chi connectivity index (χ3v) is 4.43. The van der Waals surface area contributed by atoms with Crippen molar-refractivity contribution in [3.63, 3.8) is 0 Å². The zero-order valence-electron chi connectivity index (χ0n) is 10.5. The summed E-state index contributed by atoms with van der Waals surface area (Å²) in [6.07, 6.45) is 7.26. The molecule has 92 valence electrons. The van der Waals surface area contributed by atoms with Crippen molar-refractivity contribution in [1.82, 2.24) is 4.98 Å². The molecule has 0 unspecified atom stereocenters. The van der Waals surface area contributed by atoms with Crippen molar-refractivity contribution in [2.24, 2.45) is 11.3 Å². The first-order valence-corrected chi connectivity index (χ1v) is 6.70. The van der Waals surface area contributed by atoms with E-state index in [0.717, 1.165) is 30.5 Å². The summed E-state index contributed by atoms with van der Waals surface area (Å²) in [6, 6.07) is 4.11. The molecule has 1 aliphatic heterocycles. The number of pyridine rings is 1. The van der Waals surface area contributed by atoms with Crippen LogP contribution in [-0.4, -0.2) is 18.1 Å². The molecule has 1 saturated carbocycles. The standard InChI is InChI=1S/C14H21N3/c1-11-4-6-14(7-5-11)9-16-12-3-2-8-15-13(12)17-10-14/h2-3,8,11,16H,4-7,9-10H2,1H3,(H,15,17). The molecule has 2 N–H and O–H groups in total. The first-order valence-electron chi connectivity index (χ1n) is 6.70. The van der Waals surface area contributed by atoms with Gasteiger partial charge in [0, 0.05) is 24.7 Å². The SMILES string of the molecule is CC1CCC2(CC1)CNc1cccnc1NC2. The molecule has 1 fully saturated rings. The fraction of sp³-hybridized carbons (Fsp3) is 0.643. The topological polar surface area (TPSA) is 37.0 Å². The highest BCUT2D eigenvalue weighted by molar-refractivity contribution is 5.65. The van der Waals surface area contributed by atoms with E-state index in [1.165, 1.54) is 25.7 Å². The van der Waals surface area contributed by atoms with Crippen LogP contribution in [0.1, 0.15) is 32.6 Å². The highest BCUT2D eigenvalue weighted by Crippen LogP contribution is 2.41. The van der Waals surface area contributed by atoms with Gasteiger partial charge in [0.2, 0.25) is 0 Å². The van der Waals surface area contributed by atoms with Gasteiger partial charge in [0.05, 0.1) is 5.69 Å². The van der Waals surface area contributed by atoms with Crippen LogP contribution in [-0.2, 0) is 0 Å². The van der Waals surface area contributed by atoms with E-state index >= 15 is 0 Å². The van der Waals surface area contributed by atoms with Crippen LogP contribution < -0.4 is 10.6 Å². The number of hydrogen-bond acceptors (Lipinski definition) is 3. The molecule has 17 heavy (non-hydrogen) atoms. The highest BCUT2D eigenvalue weighted by atomic mass is 15.1. The van der Waals surface area contributed by atoms with E-state index in [4.69, 9.17) is 0 Å². The summed E-state index contributed by atoms with van der Waals surface area (Å²) >= 11 is 0. The fourth-order valence-electron chi connectivity index (χ4n) is 3.03. The summed E-state index contributed by atoms with van der Waals surface area (Å²) in [7, 11) is 0. The molecule has 3 nitrogen and oxygen atoms in total. The Balaban J connectivity index is 1.76. The maximum atomic E-state index is 4.40. The molecular weight excluding hydrogens is 210 g/mol. The summed E-state index contributed by atoms with van der Waals surface area (Å²) in [4.78, 5) is 4.40. The van der Waals surface area contributed by atoms with Crippen LogP contribution in [0.25, 0.3) is 0 Å². The number of anilines is 2. The number of rotatable bonds is 0. The quantitative estimate of drug-likeness (QED) is 0.720. The Morgan fingerprint density at radius 3 is 2.82 bits per heavy atom. The number of hydrogen-bond donors (Lipinski definition) is 2. The Labute approximate surface area is 103 Å². The van der Waals surface area contributed by atoms with E-state index in [0.29, 0.717) is 5.41 Å². The third-order valence-electron chi connectivity index (χ3n) is 4.43. The zero-order chi connectivity index (χ0) is 11.7. The van der Waals surface area contributed by atoms with Crippen LogP contribution in [0.15, 0.2) is 18.3 Å². The molecule has 2 heterocycles. The van der Waals surface area contributed by atoms with Crippen molar-refractivity contribution in [3.05, 3.63) is 18.3 Å². The second kappa shape index (κ2) is 4.21. The van der Waals surface area contributed by atoms with Crippen LogP contribution in [0.3, 0.4) is 0 Å². The van der Waals surface area contributed by atoms with Gasteiger partial charge in [-0.1, -0.05) is 19.8 Å². The summed E-state index contributed by atoms with van der Waals surface area (Å²) in [5.41, 5.74) is 1.59. The Hall–Kier alpha value is -1.25. The van der Waals surface area contributed by atoms with Gasteiger partial charge in [-0.05, 0) is 30.9 Å².